The van der Waals surface area contributed by atoms with Crippen LogP contribution in [0.15, 0.2) is 30.5 Å². The lowest BCUT2D eigenvalue weighted by Gasteiger charge is -2.17. The van der Waals surface area contributed by atoms with Gasteiger partial charge >= 0.3 is 0 Å². The van der Waals surface area contributed by atoms with Crippen LogP contribution in [0.2, 0.25) is 0 Å². The maximum atomic E-state index is 5.58. The van der Waals surface area contributed by atoms with Gasteiger partial charge in [-0.05, 0) is 36.2 Å². The second kappa shape index (κ2) is 5.67. The Hall–Kier alpha value is -1.81. The van der Waals surface area contributed by atoms with Crippen LogP contribution in [0.25, 0.3) is 0 Å². The first-order valence-corrected chi connectivity index (χ1v) is 7.26. The molecule has 0 amide bonds. The third-order valence-electron chi connectivity index (χ3n) is 3.68. The smallest absolute Gasteiger partial charge is 0.122 e. The lowest BCUT2D eigenvalue weighted by molar-refractivity contribution is 0.356. The molecular weight excluding hydrogens is 250 g/mol. The molecule has 1 aliphatic rings. The summed E-state index contributed by atoms with van der Waals surface area (Å²) in [7, 11) is 1.96. The Morgan fingerprint density at radius 1 is 1.40 bits per heavy atom. The zero-order valence-electron chi connectivity index (χ0n) is 12.1. The lowest BCUT2D eigenvalue weighted by Crippen LogP contribution is -2.23. The van der Waals surface area contributed by atoms with Gasteiger partial charge < -0.3 is 10.1 Å². The molecule has 20 heavy (non-hydrogen) atoms. The zero-order valence-corrected chi connectivity index (χ0v) is 12.1. The zero-order chi connectivity index (χ0) is 13.9. The van der Waals surface area contributed by atoms with Crippen LogP contribution in [0.4, 0.5) is 0 Å². The van der Waals surface area contributed by atoms with E-state index >= 15 is 0 Å². The Morgan fingerprint density at radius 3 is 3.05 bits per heavy atom. The third kappa shape index (κ3) is 2.56. The topological polar surface area (TPSA) is 39.1 Å². The SMILES string of the molecule is CCCNC(c1ccc2c(c1)CCO2)c1ccn(C)n1. The van der Waals surface area contributed by atoms with Crippen molar-refractivity contribution >= 4 is 0 Å². The van der Waals surface area contributed by atoms with Gasteiger partial charge in [0.15, 0.2) is 0 Å². The fourth-order valence-electron chi connectivity index (χ4n) is 2.65. The van der Waals surface area contributed by atoms with Crippen molar-refractivity contribution in [1.29, 1.82) is 0 Å². The monoisotopic (exact) mass is 271 g/mol. The van der Waals surface area contributed by atoms with Crippen molar-refractivity contribution in [2.45, 2.75) is 25.8 Å². The first-order chi connectivity index (χ1) is 9.78. The van der Waals surface area contributed by atoms with E-state index in [9.17, 15) is 0 Å². The van der Waals surface area contributed by atoms with Gasteiger partial charge in [-0.2, -0.15) is 5.10 Å². The van der Waals surface area contributed by atoms with Gasteiger partial charge in [-0.1, -0.05) is 19.1 Å². The molecule has 0 radical (unpaired) electrons. The number of hydrogen-bond acceptors (Lipinski definition) is 3. The molecule has 1 aromatic carbocycles. The van der Waals surface area contributed by atoms with E-state index in [0.29, 0.717) is 0 Å². The molecule has 0 bridgehead atoms. The number of hydrogen-bond donors (Lipinski definition) is 1. The molecule has 0 spiro atoms. The number of nitrogens with one attached hydrogen (secondary N) is 1. The summed E-state index contributed by atoms with van der Waals surface area (Å²) in [4.78, 5) is 0. The summed E-state index contributed by atoms with van der Waals surface area (Å²) >= 11 is 0. The van der Waals surface area contributed by atoms with E-state index in [4.69, 9.17) is 4.74 Å². The van der Waals surface area contributed by atoms with Gasteiger partial charge in [0.25, 0.3) is 0 Å². The molecule has 1 atom stereocenters. The van der Waals surface area contributed by atoms with Crippen LogP contribution in [-0.2, 0) is 13.5 Å². The predicted molar refractivity (Wildman–Crippen MR) is 79.0 cm³/mol. The van der Waals surface area contributed by atoms with E-state index in [0.717, 1.165) is 37.4 Å². The quantitative estimate of drug-likeness (QED) is 0.908. The Bertz CT molecular complexity index is 591. The summed E-state index contributed by atoms with van der Waals surface area (Å²) in [5, 5.41) is 8.15. The normalized spacial score (nSPS) is 14.9. The fourth-order valence-corrected chi connectivity index (χ4v) is 2.65. The Balaban J connectivity index is 1.92. The third-order valence-corrected chi connectivity index (χ3v) is 3.68. The van der Waals surface area contributed by atoms with E-state index in [1.54, 1.807) is 0 Å². The fraction of sp³-hybridized carbons (Fsp3) is 0.438. The van der Waals surface area contributed by atoms with E-state index in [2.05, 4.69) is 41.6 Å². The van der Waals surface area contributed by atoms with Crippen molar-refractivity contribution < 1.29 is 4.74 Å². The van der Waals surface area contributed by atoms with Crippen molar-refractivity contribution in [2.24, 2.45) is 7.05 Å². The highest BCUT2D eigenvalue weighted by atomic mass is 16.5. The molecule has 4 nitrogen and oxygen atoms in total. The van der Waals surface area contributed by atoms with Crippen molar-refractivity contribution in [1.82, 2.24) is 15.1 Å². The average Bonchev–Trinajstić information content (AvgIpc) is 3.07. The van der Waals surface area contributed by atoms with Crippen LogP contribution in [0.1, 0.15) is 36.2 Å². The van der Waals surface area contributed by atoms with Crippen LogP contribution >= 0.6 is 0 Å². The highest BCUT2D eigenvalue weighted by molar-refractivity contribution is 5.42. The summed E-state index contributed by atoms with van der Waals surface area (Å²) in [6.07, 6.45) is 4.11. The maximum absolute atomic E-state index is 5.58. The minimum Gasteiger partial charge on any atom is -0.493 e. The number of fused-ring (bicyclic) bond motifs is 1. The van der Waals surface area contributed by atoms with Gasteiger partial charge in [0.1, 0.15) is 5.75 Å². The molecule has 1 N–H and O–H groups in total. The number of rotatable bonds is 5. The minimum atomic E-state index is 0.155. The molecule has 1 aromatic heterocycles. The summed E-state index contributed by atoms with van der Waals surface area (Å²) < 4.78 is 7.44. The maximum Gasteiger partial charge on any atom is 0.122 e. The minimum absolute atomic E-state index is 0.155. The molecule has 0 saturated heterocycles. The van der Waals surface area contributed by atoms with E-state index in [-0.39, 0.29) is 6.04 Å². The molecule has 2 heterocycles. The van der Waals surface area contributed by atoms with Gasteiger partial charge in [-0.25, -0.2) is 0 Å². The number of aromatic nitrogens is 2. The van der Waals surface area contributed by atoms with E-state index in [1.165, 1.54) is 11.1 Å². The van der Waals surface area contributed by atoms with Crippen molar-refractivity contribution in [3.63, 3.8) is 0 Å². The van der Waals surface area contributed by atoms with Crippen LogP contribution < -0.4 is 10.1 Å². The first-order valence-electron chi connectivity index (χ1n) is 7.26. The van der Waals surface area contributed by atoms with E-state index in [1.807, 2.05) is 17.9 Å². The Labute approximate surface area is 119 Å². The second-order valence-electron chi connectivity index (χ2n) is 5.27. The molecule has 1 aliphatic heterocycles. The highest BCUT2D eigenvalue weighted by Gasteiger charge is 2.19. The Kier molecular flexibility index (Phi) is 3.74. The highest BCUT2D eigenvalue weighted by Crippen LogP contribution is 2.30. The van der Waals surface area contributed by atoms with Gasteiger partial charge in [-0.3, -0.25) is 4.68 Å². The molecule has 106 valence electrons. The Morgan fingerprint density at radius 2 is 2.30 bits per heavy atom. The standard InChI is InChI=1S/C16H21N3O/c1-3-8-17-16(14-6-9-19(2)18-14)13-4-5-15-12(11-13)7-10-20-15/h4-6,9,11,16-17H,3,7-8,10H2,1-2H3. The summed E-state index contributed by atoms with van der Waals surface area (Å²) in [6, 6.07) is 8.72. The van der Waals surface area contributed by atoms with Gasteiger partial charge in [0.2, 0.25) is 0 Å². The number of benzene rings is 1. The average molecular weight is 271 g/mol. The molecular formula is C16H21N3O. The molecule has 0 aliphatic carbocycles. The largest absolute Gasteiger partial charge is 0.493 e. The molecule has 1 unspecified atom stereocenters. The van der Waals surface area contributed by atoms with Crippen molar-refractivity contribution in [2.75, 3.05) is 13.2 Å². The van der Waals surface area contributed by atoms with Crippen molar-refractivity contribution in [3.05, 3.63) is 47.3 Å². The molecule has 3 rings (SSSR count). The summed E-state index contributed by atoms with van der Waals surface area (Å²) in [5.74, 6) is 1.03. The van der Waals surface area contributed by atoms with Crippen LogP contribution in [0, 0.1) is 0 Å². The molecule has 2 aromatic rings. The first kappa shape index (κ1) is 13.2. The van der Waals surface area contributed by atoms with Gasteiger partial charge in [0, 0.05) is 19.7 Å². The molecule has 0 fully saturated rings. The van der Waals surface area contributed by atoms with Gasteiger partial charge in [-0.15, -0.1) is 0 Å². The molecule has 0 saturated carbocycles. The summed E-state index contributed by atoms with van der Waals surface area (Å²) in [5.41, 5.74) is 3.64. The number of ether oxygens (including phenoxy) is 1. The second-order valence-corrected chi connectivity index (χ2v) is 5.27. The lowest BCUT2D eigenvalue weighted by atomic mass is 10.00. The predicted octanol–water partition coefficient (Wildman–Crippen LogP) is 2.44. The van der Waals surface area contributed by atoms with Crippen LogP contribution in [0.3, 0.4) is 0 Å². The van der Waals surface area contributed by atoms with E-state index < -0.39 is 0 Å². The van der Waals surface area contributed by atoms with Crippen molar-refractivity contribution in [3.8, 4) is 5.75 Å². The van der Waals surface area contributed by atoms with Crippen LogP contribution in [-0.4, -0.2) is 22.9 Å². The summed E-state index contributed by atoms with van der Waals surface area (Å²) in [6.45, 7) is 3.96. The number of nitrogens with zero attached hydrogens (tertiary/aromatic N) is 2. The van der Waals surface area contributed by atoms with Gasteiger partial charge in [0.05, 0.1) is 18.3 Å². The molecule has 4 heteroatoms. The number of aryl methyl sites for hydroxylation is 1. The van der Waals surface area contributed by atoms with Crippen LogP contribution in [0.5, 0.6) is 5.75 Å².